The second kappa shape index (κ2) is 3.80. The van der Waals surface area contributed by atoms with E-state index >= 15 is 0 Å². The quantitative estimate of drug-likeness (QED) is 0.286. The SMILES string of the molecule is OCNNc1ccccc1O. The monoisotopic (exact) mass is 154 g/mol. The first-order chi connectivity index (χ1) is 5.34. The number of rotatable bonds is 3. The highest BCUT2D eigenvalue weighted by Crippen LogP contribution is 2.19. The van der Waals surface area contributed by atoms with Crippen molar-refractivity contribution in [3.63, 3.8) is 0 Å². The van der Waals surface area contributed by atoms with Crippen molar-refractivity contribution in [2.75, 3.05) is 12.2 Å². The van der Waals surface area contributed by atoms with Crippen LogP contribution in [0.1, 0.15) is 0 Å². The molecule has 0 fully saturated rings. The van der Waals surface area contributed by atoms with Crippen LogP contribution in [-0.4, -0.2) is 16.9 Å². The lowest BCUT2D eigenvalue weighted by Crippen LogP contribution is -2.22. The zero-order valence-electron chi connectivity index (χ0n) is 5.91. The van der Waals surface area contributed by atoms with Gasteiger partial charge in [0.1, 0.15) is 12.5 Å². The van der Waals surface area contributed by atoms with Crippen LogP contribution in [0, 0.1) is 0 Å². The van der Waals surface area contributed by atoms with Crippen LogP contribution in [0.2, 0.25) is 0 Å². The number of nitrogens with one attached hydrogen (secondary N) is 2. The summed E-state index contributed by atoms with van der Waals surface area (Å²) < 4.78 is 0. The zero-order chi connectivity index (χ0) is 8.10. The molecular weight excluding hydrogens is 144 g/mol. The Morgan fingerprint density at radius 1 is 1.27 bits per heavy atom. The van der Waals surface area contributed by atoms with Crippen LogP contribution in [0.25, 0.3) is 0 Å². The van der Waals surface area contributed by atoms with E-state index in [9.17, 15) is 0 Å². The van der Waals surface area contributed by atoms with Crippen LogP contribution in [0.3, 0.4) is 0 Å². The van der Waals surface area contributed by atoms with E-state index < -0.39 is 0 Å². The maximum absolute atomic E-state index is 9.15. The Kier molecular flexibility index (Phi) is 2.71. The molecule has 0 heterocycles. The van der Waals surface area contributed by atoms with E-state index in [4.69, 9.17) is 10.2 Å². The number of hydrazine groups is 1. The maximum Gasteiger partial charge on any atom is 0.139 e. The first-order valence-electron chi connectivity index (χ1n) is 3.22. The Labute approximate surface area is 64.5 Å². The van der Waals surface area contributed by atoms with E-state index in [1.165, 1.54) is 0 Å². The number of para-hydroxylation sites is 2. The van der Waals surface area contributed by atoms with Gasteiger partial charge in [0.15, 0.2) is 0 Å². The van der Waals surface area contributed by atoms with Gasteiger partial charge in [0.25, 0.3) is 0 Å². The highest BCUT2D eigenvalue weighted by Gasteiger charge is 1.94. The summed E-state index contributed by atoms with van der Waals surface area (Å²) in [7, 11) is 0. The summed E-state index contributed by atoms with van der Waals surface area (Å²) >= 11 is 0. The van der Waals surface area contributed by atoms with Gasteiger partial charge in [-0.2, -0.15) is 0 Å². The van der Waals surface area contributed by atoms with E-state index in [1.54, 1.807) is 24.3 Å². The minimum atomic E-state index is -0.186. The molecule has 0 spiro atoms. The lowest BCUT2D eigenvalue weighted by molar-refractivity contribution is 0.272. The molecule has 4 nitrogen and oxygen atoms in total. The average molecular weight is 154 g/mol. The number of hydrogen-bond donors (Lipinski definition) is 4. The smallest absolute Gasteiger partial charge is 0.139 e. The van der Waals surface area contributed by atoms with Crippen molar-refractivity contribution < 1.29 is 10.2 Å². The molecule has 4 N–H and O–H groups in total. The molecule has 0 aliphatic rings. The van der Waals surface area contributed by atoms with Crippen molar-refractivity contribution in [2.45, 2.75) is 0 Å². The van der Waals surface area contributed by atoms with Crippen molar-refractivity contribution in [3.05, 3.63) is 24.3 Å². The van der Waals surface area contributed by atoms with Gasteiger partial charge in [-0.25, -0.2) is 5.43 Å². The van der Waals surface area contributed by atoms with Crippen molar-refractivity contribution in [1.29, 1.82) is 0 Å². The minimum Gasteiger partial charge on any atom is -0.506 e. The second-order valence-corrected chi connectivity index (χ2v) is 1.98. The lowest BCUT2D eigenvalue weighted by Gasteiger charge is -2.06. The fraction of sp³-hybridized carbons (Fsp3) is 0.143. The molecule has 0 saturated heterocycles. The third kappa shape index (κ3) is 2.10. The molecule has 0 aliphatic heterocycles. The number of phenolic OH excluding ortho intramolecular Hbond substituents is 1. The van der Waals surface area contributed by atoms with Gasteiger partial charge in [-0.3, -0.25) is 0 Å². The molecule has 4 heteroatoms. The largest absolute Gasteiger partial charge is 0.506 e. The fourth-order valence-corrected chi connectivity index (χ4v) is 0.714. The molecule has 60 valence electrons. The highest BCUT2D eigenvalue weighted by atomic mass is 16.3. The molecular formula is C7H10N2O2. The molecule has 0 atom stereocenters. The molecule has 0 radical (unpaired) electrons. The second-order valence-electron chi connectivity index (χ2n) is 1.98. The number of aliphatic hydroxyl groups is 1. The third-order valence-corrected chi connectivity index (χ3v) is 1.21. The molecule has 0 amide bonds. The minimum absolute atomic E-state index is 0.147. The summed E-state index contributed by atoms with van der Waals surface area (Å²) in [6.45, 7) is -0.186. The Hall–Kier alpha value is -1.26. The molecule has 1 aromatic rings. The first kappa shape index (κ1) is 7.84. The van der Waals surface area contributed by atoms with Crippen molar-refractivity contribution in [1.82, 2.24) is 5.43 Å². The summed E-state index contributed by atoms with van der Waals surface area (Å²) in [6, 6.07) is 6.75. The van der Waals surface area contributed by atoms with E-state index in [-0.39, 0.29) is 12.5 Å². The summed E-state index contributed by atoms with van der Waals surface area (Å²) in [5.74, 6) is 0.147. The van der Waals surface area contributed by atoms with Crippen molar-refractivity contribution in [2.24, 2.45) is 0 Å². The van der Waals surface area contributed by atoms with Gasteiger partial charge in [-0.15, -0.1) is 0 Å². The van der Waals surface area contributed by atoms with Gasteiger partial charge in [0.05, 0.1) is 5.69 Å². The normalized spacial score (nSPS) is 9.55. The van der Waals surface area contributed by atoms with Gasteiger partial charge in [0.2, 0.25) is 0 Å². The van der Waals surface area contributed by atoms with Crippen molar-refractivity contribution in [3.8, 4) is 5.75 Å². The van der Waals surface area contributed by atoms with Gasteiger partial charge < -0.3 is 15.6 Å². The van der Waals surface area contributed by atoms with Crippen molar-refractivity contribution >= 4 is 5.69 Å². The van der Waals surface area contributed by atoms with E-state index in [0.29, 0.717) is 5.69 Å². The average Bonchev–Trinajstić information content (AvgIpc) is 2.03. The Balaban J connectivity index is 2.62. The lowest BCUT2D eigenvalue weighted by atomic mass is 10.3. The highest BCUT2D eigenvalue weighted by molar-refractivity contribution is 5.54. The Morgan fingerprint density at radius 3 is 2.64 bits per heavy atom. The van der Waals surface area contributed by atoms with Crippen LogP contribution >= 0.6 is 0 Å². The predicted molar refractivity (Wildman–Crippen MR) is 42.0 cm³/mol. The first-order valence-corrected chi connectivity index (χ1v) is 3.22. The number of phenols is 1. The molecule has 0 saturated carbocycles. The molecule has 1 aromatic carbocycles. The van der Waals surface area contributed by atoms with Crippen LogP contribution in [0.4, 0.5) is 5.69 Å². The van der Waals surface area contributed by atoms with Gasteiger partial charge >= 0.3 is 0 Å². The Morgan fingerprint density at radius 2 is 2.00 bits per heavy atom. The van der Waals surface area contributed by atoms with Gasteiger partial charge in [-0.05, 0) is 12.1 Å². The Bertz CT molecular complexity index is 227. The summed E-state index contributed by atoms with van der Waals surface area (Å²) in [5, 5.41) is 17.5. The maximum atomic E-state index is 9.15. The topological polar surface area (TPSA) is 64.5 Å². The number of benzene rings is 1. The predicted octanol–water partition coefficient (Wildman–Crippen LogP) is 0.258. The fourth-order valence-electron chi connectivity index (χ4n) is 0.714. The van der Waals surface area contributed by atoms with Crippen LogP contribution in [-0.2, 0) is 0 Å². The number of aliphatic hydroxyl groups excluding tert-OH is 1. The van der Waals surface area contributed by atoms with Gasteiger partial charge in [-0.1, -0.05) is 12.1 Å². The molecule has 0 bridgehead atoms. The van der Waals surface area contributed by atoms with E-state index in [2.05, 4.69) is 10.9 Å². The third-order valence-electron chi connectivity index (χ3n) is 1.21. The molecule has 0 unspecified atom stereocenters. The number of hydrogen-bond acceptors (Lipinski definition) is 4. The number of anilines is 1. The molecule has 0 aliphatic carbocycles. The van der Waals surface area contributed by atoms with Crippen LogP contribution in [0.15, 0.2) is 24.3 Å². The molecule has 1 rings (SSSR count). The summed E-state index contributed by atoms with van der Waals surface area (Å²) in [5.41, 5.74) is 5.61. The summed E-state index contributed by atoms with van der Waals surface area (Å²) in [6.07, 6.45) is 0. The number of aromatic hydroxyl groups is 1. The molecule has 0 aromatic heterocycles. The standard InChI is InChI=1S/C7H10N2O2/c10-5-8-9-6-3-1-2-4-7(6)11/h1-4,8-11H,5H2. The van der Waals surface area contributed by atoms with Crippen LogP contribution in [0.5, 0.6) is 5.75 Å². The molecule has 11 heavy (non-hydrogen) atoms. The van der Waals surface area contributed by atoms with Crippen LogP contribution < -0.4 is 10.9 Å². The van der Waals surface area contributed by atoms with E-state index in [1.807, 2.05) is 0 Å². The summed E-state index contributed by atoms with van der Waals surface area (Å²) in [4.78, 5) is 0. The zero-order valence-corrected chi connectivity index (χ0v) is 5.91. The van der Waals surface area contributed by atoms with Gasteiger partial charge in [0, 0.05) is 0 Å². The van der Waals surface area contributed by atoms with E-state index in [0.717, 1.165) is 0 Å².